The zero-order valence-corrected chi connectivity index (χ0v) is 14.6. The molecule has 0 saturated carbocycles. The Bertz CT molecular complexity index is 817. The molecule has 0 aromatic heterocycles. The number of aliphatic carboxylic acids is 1. The van der Waals surface area contributed by atoms with E-state index in [4.69, 9.17) is 14.6 Å². The van der Waals surface area contributed by atoms with Gasteiger partial charge in [-0.1, -0.05) is 18.2 Å². The summed E-state index contributed by atoms with van der Waals surface area (Å²) in [4.78, 5) is 22.4. The van der Waals surface area contributed by atoms with Crippen LogP contribution in [0.3, 0.4) is 0 Å². The molecule has 0 aliphatic rings. The molecule has 2 aromatic rings. The molecule has 0 fully saturated rings. The summed E-state index contributed by atoms with van der Waals surface area (Å²) in [6, 6.07) is 12.4. The summed E-state index contributed by atoms with van der Waals surface area (Å²) in [5, 5.41) is 12.5. The Kier molecular flexibility index (Phi) is 6.73. The number of rotatable bonds is 8. The zero-order chi connectivity index (χ0) is 18.9. The number of benzene rings is 2. The number of aryl methyl sites for hydroxylation is 2. The van der Waals surface area contributed by atoms with Crippen LogP contribution in [-0.2, 0) is 9.59 Å². The quantitative estimate of drug-likeness (QED) is 0.559. The smallest absolute Gasteiger partial charge is 0.341 e. The van der Waals surface area contributed by atoms with Crippen molar-refractivity contribution in [3.63, 3.8) is 0 Å². The molecule has 0 aliphatic heterocycles. The molecule has 0 heterocycles. The second-order valence-electron chi connectivity index (χ2n) is 5.55. The Morgan fingerprint density at radius 1 is 1.08 bits per heavy atom. The summed E-state index contributed by atoms with van der Waals surface area (Å²) in [5.74, 6) is -0.518. The highest BCUT2D eigenvalue weighted by Gasteiger charge is 2.05. The highest BCUT2D eigenvalue weighted by molar-refractivity contribution is 5.85. The largest absolute Gasteiger partial charge is 0.484 e. The number of ether oxygens (including phenoxy) is 2. The molecule has 2 rings (SSSR count). The van der Waals surface area contributed by atoms with Crippen LogP contribution >= 0.6 is 0 Å². The molecule has 0 unspecified atom stereocenters. The first kappa shape index (κ1) is 19.0. The third kappa shape index (κ3) is 5.94. The van der Waals surface area contributed by atoms with E-state index in [0.29, 0.717) is 17.1 Å². The number of para-hydroxylation sites is 1. The second-order valence-corrected chi connectivity index (χ2v) is 5.55. The van der Waals surface area contributed by atoms with Crippen LogP contribution in [0.4, 0.5) is 0 Å². The van der Waals surface area contributed by atoms with Gasteiger partial charge in [0, 0.05) is 5.56 Å². The summed E-state index contributed by atoms with van der Waals surface area (Å²) >= 11 is 0. The van der Waals surface area contributed by atoms with Crippen molar-refractivity contribution in [3.05, 3.63) is 59.2 Å². The van der Waals surface area contributed by atoms with Crippen LogP contribution in [0.15, 0.2) is 47.6 Å². The molecule has 0 atom stereocenters. The van der Waals surface area contributed by atoms with Gasteiger partial charge in [-0.15, -0.1) is 0 Å². The average molecular weight is 356 g/mol. The molecule has 2 aromatic carbocycles. The van der Waals surface area contributed by atoms with E-state index in [0.717, 1.165) is 11.1 Å². The van der Waals surface area contributed by atoms with Crippen molar-refractivity contribution >= 4 is 18.1 Å². The van der Waals surface area contributed by atoms with E-state index in [1.165, 1.54) is 6.21 Å². The molecule has 7 heteroatoms. The lowest BCUT2D eigenvalue weighted by Crippen LogP contribution is -2.24. The predicted molar refractivity (Wildman–Crippen MR) is 96.7 cm³/mol. The zero-order valence-electron chi connectivity index (χ0n) is 14.6. The maximum atomic E-state index is 11.8. The SMILES string of the molecule is Cc1ccc(OCC(=O)NN=Cc2ccccc2OCC(=O)O)cc1C. The van der Waals surface area contributed by atoms with Gasteiger partial charge in [-0.2, -0.15) is 5.10 Å². The molecule has 1 amide bonds. The van der Waals surface area contributed by atoms with Gasteiger partial charge in [-0.25, -0.2) is 10.2 Å². The Morgan fingerprint density at radius 3 is 2.58 bits per heavy atom. The molecule has 0 saturated heterocycles. The lowest BCUT2D eigenvalue weighted by atomic mass is 10.1. The van der Waals surface area contributed by atoms with Gasteiger partial charge in [-0.3, -0.25) is 4.79 Å². The van der Waals surface area contributed by atoms with Gasteiger partial charge in [0.1, 0.15) is 11.5 Å². The molecule has 26 heavy (non-hydrogen) atoms. The number of hydrogen-bond acceptors (Lipinski definition) is 5. The first-order chi connectivity index (χ1) is 12.5. The van der Waals surface area contributed by atoms with Crippen LogP contribution in [-0.4, -0.2) is 36.4 Å². The molecule has 0 bridgehead atoms. The van der Waals surface area contributed by atoms with Crippen LogP contribution in [0, 0.1) is 13.8 Å². The van der Waals surface area contributed by atoms with E-state index in [2.05, 4.69) is 10.5 Å². The third-order valence-corrected chi connectivity index (χ3v) is 3.51. The summed E-state index contributed by atoms with van der Waals surface area (Å²) in [7, 11) is 0. The fourth-order valence-electron chi connectivity index (χ4n) is 2.02. The van der Waals surface area contributed by atoms with Crippen molar-refractivity contribution in [1.82, 2.24) is 5.43 Å². The summed E-state index contributed by atoms with van der Waals surface area (Å²) in [5.41, 5.74) is 5.13. The molecule has 7 nitrogen and oxygen atoms in total. The average Bonchev–Trinajstić information content (AvgIpc) is 2.62. The minimum atomic E-state index is -1.08. The van der Waals surface area contributed by atoms with Crippen LogP contribution in [0.1, 0.15) is 16.7 Å². The minimum Gasteiger partial charge on any atom is -0.484 e. The number of hydrazone groups is 1. The molecule has 136 valence electrons. The van der Waals surface area contributed by atoms with Crippen molar-refractivity contribution in [1.29, 1.82) is 0 Å². The second kappa shape index (κ2) is 9.22. The van der Waals surface area contributed by atoms with Crippen LogP contribution < -0.4 is 14.9 Å². The maximum Gasteiger partial charge on any atom is 0.341 e. The van der Waals surface area contributed by atoms with Crippen molar-refractivity contribution in [2.75, 3.05) is 13.2 Å². The first-order valence-corrected chi connectivity index (χ1v) is 7.91. The molecular formula is C19H20N2O5. The van der Waals surface area contributed by atoms with Crippen LogP contribution in [0.5, 0.6) is 11.5 Å². The van der Waals surface area contributed by atoms with Gasteiger partial charge < -0.3 is 14.6 Å². The molecule has 0 spiro atoms. The molecule has 0 aliphatic carbocycles. The van der Waals surface area contributed by atoms with Gasteiger partial charge in [-0.05, 0) is 49.2 Å². The van der Waals surface area contributed by atoms with Crippen molar-refractivity contribution in [3.8, 4) is 11.5 Å². The van der Waals surface area contributed by atoms with Crippen molar-refractivity contribution in [2.45, 2.75) is 13.8 Å². The third-order valence-electron chi connectivity index (χ3n) is 3.51. The fourth-order valence-corrected chi connectivity index (χ4v) is 2.02. The number of nitrogens with one attached hydrogen (secondary N) is 1. The van der Waals surface area contributed by atoms with Gasteiger partial charge in [0.25, 0.3) is 5.91 Å². The molecule has 2 N–H and O–H groups in total. The monoisotopic (exact) mass is 356 g/mol. The highest BCUT2D eigenvalue weighted by atomic mass is 16.5. The molecule has 0 radical (unpaired) electrons. The number of carboxylic acids is 1. The van der Waals surface area contributed by atoms with Crippen molar-refractivity contribution in [2.24, 2.45) is 5.10 Å². The topological polar surface area (TPSA) is 97.2 Å². The Balaban J connectivity index is 1.86. The number of amides is 1. The van der Waals surface area contributed by atoms with Crippen molar-refractivity contribution < 1.29 is 24.2 Å². The van der Waals surface area contributed by atoms with E-state index in [9.17, 15) is 9.59 Å². The first-order valence-electron chi connectivity index (χ1n) is 7.91. The van der Waals surface area contributed by atoms with Gasteiger partial charge in [0.05, 0.1) is 6.21 Å². The summed E-state index contributed by atoms with van der Waals surface area (Å²) < 4.78 is 10.6. The number of hydrogen-bond donors (Lipinski definition) is 2. The van der Waals surface area contributed by atoms with E-state index < -0.39 is 18.5 Å². The van der Waals surface area contributed by atoms with Crippen LogP contribution in [0.25, 0.3) is 0 Å². The number of carboxylic acid groups (broad SMARTS) is 1. The lowest BCUT2D eigenvalue weighted by Gasteiger charge is -2.08. The Hall–Kier alpha value is -3.35. The maximum absolute atomic E-state index is 11.8. The van der Waals surface area contributed by atoms with Gasteiger partial charge in [0.15, 0.2) is 13.2 Å². The van der Waals surface area contributed by atoms with E-state index in [1.807, 2.05) is 26.0 Å². The lowest BCUT2D eigenvalue weighted by molar-refractivity contribution is -0.139. The summed E-state index contributed by atoms with van der Waals surface area (Å²) in [6.45, 7) is 3.34. The standard InChI is InChI=1S/C19H20N2O5/c1-13-7-8-16(9-14(13)2)25-11-18(22)21-20-10-15-5-3-4-6-17(15)26-12-19(23)24/h3-10H,11-12H2,1-2H3,(H,21,22)(H,23,24). The van der Waals surface area contributed by atoms with Gasteiger partial charge >= 0.3 is 5.97 Å². The number of carbonyl (C=O) groups is 2. The van der Waals surface area contributed by atoms with E-state index in [1.54, 1.807) is 30.3 Å². The fraction of sp³-hybridized carbons (Fsp3) is 0.211. The highest BCUT2D eigenvalue weighted by Crippen LogP contribution is 2.16. The normalized spacial score (nSPS) is 10.5. The van der Waals surface area contributed by atoms with Crippen LogP contribution in [0.2, 0.25) is 0 Å². The Morgan fingerprint density at radius 2 is 1.85 bits per heavy atom. The van der Waals surface area contributed by atoms with E-state index >= 15 is 0 Å². The molecular weight excluding hydrogens is 336 g/mol. The minimum absolute atomic E-state index is 0.170. The Labute approximate surface area is 151 Å². The predicted octanol–water partition coefficient (Wildman–Crippen LogP) is 2.30. The number of nitrogens with zero attached hydrogens (tertiary/aromatic N) is 1. The number of carbonyl (C=O) groups excluding carboxylic acids is 1. The summed E-state index contributed by atoms with van der Waals surface area (Å²) in [6.07, 6.45) is 1.38. The van der Waals surface area contributed by atoms with Gasteiger partial charge in [0.2, 0.25) is 0 Å². The van der Waals surface area contributed by atoms with E-state index in [-0.39, 0.29) is 6.61 Å².